The number of anilines is 1. The van der Waals surface area contributed by atoms with E-state index >= 15 is 0 Å². The minimum Gasteiger partial charge on any atom is -0.376 e. The first-order valence-electron chi connectivity index (χ1n) is 8.52. The maximum absolute atomic E-state index is 13.1. The highest BCUT2D eigenvalue weighted by atomic mass is 19.1. The van der Waals surface area contributed by atoms with Crippen molar-refractivity contribution in [1.29, 1.82) is 0 Å². The van der Waals surface area contributed by atoms with Gasteiger partial charge < -0.3 is 9.64 Å². The number of hydroxylamine groups is 2. The molecule has 4 rings (SSSR count). The first-order valence-corrected chi connectivity index (χ1v) is 8.52. The van der Waals surface area contributed by atoms with Crippen molar-refractivity contribution in [3.63, 3.8) is 0 Å². The molecule has 1 aromatic heterocycles. The predicted molar refractivity (Wildman–Crippen MR) is 82.5 cm³/mol. The number of piperidine rings is 1. The van der Waals surface area contributed by atoms with Crippen LogP contribution in [0.3, 0.4) is 0 Å². The van der Waals surface area contributed by atoms with Crippen LogP contribution in [0.5, 0.6) is 0 Å². The molecule has 3 saturated heterocycles. The van der Waals surface area contributed by atoms with Crippen molar-refractivity contribution in [3.8, 4) is 0 Å². The van der Waals surface area contributed by atoms with Crippen LogP contribution in [0, 0.1) is 11.7 Å². The average Bonchev–Trinajstić information content (AvgIpc) is 3.10. The maximum atomic E-state index is 13.1. The van der Waals surface area contributed by atoms with Gasteiger partial charge in [0.15, 0.2) is 5.82 Å². The lowest BCUT2D eigenvalue weighted by Crippen LogP contribution is -2.54. The zero-order chi connectivity index (χ0) is 16.5. The molecule has 3 aliphatic heterocycles. The minimum atomic E-state index is -0.468. The van der Waals surface area contributed by atoms with Crippen LogP contribution in [-0.2, 0) is 14.4 Å². The highest BCUT2D eigenvalue weighted by Gasteiger charge is 2.44. The van der Waals surface area contributed by atoms with Crippen LogP contribution in [0.1, 0.15) is 25.7 Å². The van der Waals surface area contributed by atoms with Crippen molar-refractivity contribution in [3.05, 3.63) is 18.2 Å². The Morgan fingerprint density at radius 3 is 2.83 bits per heavy atom. The summed E-state index contributed by atoms with van der Waals surface area (Å²) >= 11 is 0. The van der Waals surface area contributed by atoms with E-state index in [2.05, 4.69) is 9.97 Å². The topological polar surface area (TPSA) is 67.8 Å². The Kier molecular flexibility index (Phi) is 4.32. The molecule has 8 heteroatoms. The number of halogens is 1. The van der Waals surface area contributed by atoms with E-state index in [1.54, 1.807) is 0 Å². The summed E-state index contributed by atoms with van der Waals surface area (Å²) in [5.41, 5.74) is 0. The van der Waals surface area contributed by atoms with Gasteiger partial charge in [0.2, 0.25) is 5.95 Å². The van der Waals surface area contributed by atoms with Crippen LogP contribution in [0.2, 0.25) is 0 Å². The monoisotopic (exact) mass is 336 g/mol. The molecule has 3 aliphatic rings. The Labute approximate surface area is 139 Å². The molecule has 3 atom stereocenters. The second-order valence-corrected chi connectivity index (χ2v) is 6.53. The fourth-order valence-corrected chi connectivity index (χ4v) is 3.78. The summed E-state index contributed by atoms with van der Waals surface area (Å²) in [7, 11) is 0. The Balaban J connectivity index is 1.54. The van der Waals surface area contributed by atoms with Crippen LogP contribution in [0.15, 0.2) is 12.4 Å². The molecule has 0 N–H and O–H groups in total. The van der Waals surface area contributed by atoms with Gasteiger partial charge in [0, 0.05) is 19.7 Å². The number of carbonyl (C=O) groups excluding carboxylic acids is 1. The molecule has 0 bridgehead atoms. The highest BCUT2D eigenvalue weighted by Crippen LogP contribution is 2.34. The number of hydrogen-bond donors (Lipinski definition) is 0. The zero-order valence-corrected chi connectivity index (χ0v) is 13.4. The molecule has 0 aromatic carbocycles. The molecule has 0 aliphatic carbocycles. The quantitative estimate of drug-likeness (QED) is 0.807. The number of carbonyl (C=O) groups is 1. The SMILES string of the molecule is O=C([C@@H]1C[C@@H]2OCC[C@@H]2N(c2ncc(F)cn2)C1)N1CCCCO1. The second-order valence-electron chi connectivity index (χ2n) is 6.53. The normalized spacial score (nSPS) is 30.3. The largest absolute Gasteiger partial charge is 0.376 e. The molecule has 1 aromatic rings. The molecular formula is C16H21FN4O3. The van der Waals surface area contributed by atoms with Gasteiger partial charge in [0.25, 0.3) is 5.91 Å². The van der Waals surface area contributed by atoms with Crippen molar-refractivity contribution in [1.82, 2.24) is 15.0 Å². The van der Waals surface area contributed by atoms with Crippen molar-refractivity contribution >= 4 is 11.9 Å². The van der Waals surface area contributed by atoms with Gasteiger partial charge in [-0.2, -0.15) is 0 Å². The lowest BCUT2D eigenvalue weighted by atomic mass is 9.89. The van der Waals surface area contributed by atoms with Crippen LogP contribution >= 0.6 is 0 Å². The van der Waals surface area contributed by atoms with Gasteiger partial charge >= 0.3 is 0 Å². The van der Waals surface area contributed by atoms with Crippen molar-refractivity contribution in [2.45, 2.75) is 37.8 Å². The lowest BCUT2D eigenvalue weighted by Gasteiger charge is -2.41. The Morgan fingerprint density at radius 1 is 1.25 bits per heavy atom. The van der Waals surface area contributed by atoms with Crippen molar-refractivity contribution in [2.75, 3.05) is 31.2 Å². The van der Waals surface area contributed by atoms with E-state index in [1.807, 2.05) is 4.90 Å². The zero-order valence-electron chi connectivity index (χ0n) is 13.4. The number of hydrogen-bond acceptors (Lipinski definition) is 6. The van der Waals surface area contributed by atoms with Crippen molar-refractivity contribution in [2.24, 2.45) is 5.92 Å². The minimum absolute atomic E-state index is 0.00392. The van der Waals surface area contributed by atoms with E-state index in [1.165, 1.54) is 5.06 Å². The second kappa shape index (κ2) is 6.60. The third-order valence-electron chi connectivity index (χ3n) is 4.97. The Bertz CT molecular complexity index is 593. The van der Waals surface area contributed by atoms with Gasteiger partial charge in [-0.05, 0) is 25.7 Å². The van der Waals surface area contributed by atoms with Gasteiger partial charge in [0.05, 0.1) is 37.1 Å². The summed E-state index contributed by atoms with van der Waals surface area (Å²) in [5.74, 6) is -0.245. The van der Waals surface area contributed by atoms with Gasteiger partial charge in [-0.1, -0.05) is 0 Å². The van der Waals surface area contributed by atoms with E-state index in [4.69, 9.17) is 9.57 Å². The van der Waals surface area contributed by atoms with E-state index in [9.17, 15) is 9.18 Å². The number of ether oxygens (including phenoxy) is 1. The van der Waals surface area contributed by atoms with E-state index in [0.29, 0.717) is 38.7 Å². The molecule has 7 nitrogen and oxygen atoms in total. The van der Waals surface area contributed by atoms with E-state index < -0.39 is 5.82 Å². The lowest BCUT2D eigenvalue weighted by molar-refractivity contribution is -0.202. The van der Waals surface area contributed by atoms with Gasteiger partial charge in [-0.25, -0.2) is 19.4 Å². The number of aromatic nitrogens is 2. The molecule has 1 amide bonds. The Hall–Kier alpha value is -1.80. The molecule has 0 saturated carbocycles. The molecule has 0 spiro atoms. The smallest absolute Gasteiger partial charge is 0.251 e. The fourth-order valence-electron chi connectivity index (χ4n) is 3.78. The van der Waals surface area contributed by atoms with Crippen LogP contribution in [0.4, 0.5) is 10.3 Å². The average molecular weight is 336 g/mol. The van der Waals surface area contributed by atoms with Gasteiger partial charge in [-0.3, -0.25) is 9.63 Å². The number of fused-ring (bicyclic) bond motifs is 1. The van der Waals surface area contributed by atoms with E-state index in [-0.39, 0.29) is 24.0 Å². The third kappa shape index (κ3) is 2.95. The summed E-state index contributed by atoms with van der Waals surface area (Å²) in [6.07, 6.45) is 5.79. The fraction of sp³-hybridized carbons (Fsp3) is 0.688. The number of nitrogens with zero attached hydrogens (tertiary/aromatic N) is 4. The van der Waals surface area contributed by atoms with Gasteiger partial charge in [0.1, 0.15) is 0 Å². The van der Waals surface area contributed by atoms with E-state index in [0.717, 1.165) is 31.7 Å². The first-order chi connectivity index (χ1) is 11.7. The third-order valence-corrected chi connectivity index (χ3v) is 4.97. The highest BCUT2D eigenvalue weighted by molar-refractivity contribution is 5.79. The van der Waals surface area contributed by atoms with Crippen LogP contribution in [-0.4, -0.2) is 59.4 Å². The summed E-state index contributed by atoms with van der Waals surface area (Å²) in [4.78, 5) is 28.5. The summed E-state index contributed by atoms with van der Waals surface area (Å²) in [6.45, 7) is 2.39. The molecule has 0 unspecified atom stereocenters. The standard InChI is InChI=1S/C16H21FN4O3/c17-12-8-18-16(19-9-12)20-10-11(7-14-13(20)3-6-23-14)15(22)21-4-1-2-5-24-21/h8-9,11,13-14H,1-7,10H2/t11-,13+,14+/m1/s1. The molecule has 24 heavy (non-hydrogen) atoms. The molecule has 130 valence electrons. The number of amides is 1. The first kappa shape index (κ1) is 15.7. The predicted octanol–water partition coefficient (Wildman–Crippen LogP) is 1.15. The summed E-state index contributed by atoms with van der Waals surface area (Å²) in [6, 6.07) is 0.141. The number of rotatable bonds is 2. The molecule has 3 fully saturated rings. The van der Waals surface area contributed by atoms with Crippen LogP contribution < -0.4 is 4.90 Å². The van der Waals surface area contributed by atoms with Crippen LogP contribution in [0.25, 0.3) is 0 Å². The Morgan fingerprint density at radius 2 is 2.08 bits per heavy atom. The van der Waals surface area contributed by atoms with Gasteiger partial charge in [-0.15, -0.1) is 0 Å². The van der Waals surface area contributed by atoms with Crippen molar-refractivity contribution < 1.29 is 18.8 Å². The molecular weight excluding hydrogens is 315 g/mol. The molecule has 0 radical (unpaired) electrons. The molecule has 4 heterocycles. The maximum Gasteiger partial charge on any atom is 0.251 e. The summed E-state index contributed by atoms with van der Waals surface area (Å²) < 4.78 is 18.9. The summed E-state index contributed by atoms with van der Waals surface area (Å²) in [5, 5.41) is 1.49.